The molecule has 2 aromatic carbocycles. The summed E-state index contributed by atoms with van der Waals surface area (Å²) in [6, 6.07) is 13.3. The van der Waals surface area contributed by atoms with Crippen LogP contribution >= 0.6 is 23.2 Å². The second kappa shape index (κ2) is 5.76. The van der Waals surface area contributed by atoms with Gasteiger partial charge in [-0.15, -0.1) is 0 Å². The van der Waals surface area contributed by atoms with Crippen molar-refractivity contribution in [2.75, 3.05) is 4.72 Å². The fraction of sp³-hybridized carbons (Fsp3) is 0. The summed E-state index contributed by atoms with van der Waals surface area (Å²) in [7, 11) is -3.87. The van der Waals surface area contributed by atoms with Gasteiger partial charge in [-0.1, -0.05) is 47.5 Å². The highest BCUT2D eigenvalue weighted by Gasteiger charge is 2.20. The van der Waals surface area contributed by atoms with Crippen LogP contribution in [-0.4, -0.2) is 13.4 Å². The van der Waals surface area contributed by atoms with Crippen LogP contribution in [0.1, 0.15) is 0 Å². The molecule has 0 radical (unpaired) electrons. The van der Waals surface area contributed by atoms with Gasteiger partial charge < -0.3 is 0 Å². The van der Waals surface area contributed by atoms with E-state index in [4.69, 9.17) is 23.2 Å². The Bertz CT molecular complexity index is 933. The minimum absolute atomic E-state index is 0.0709. The highest BCUT2D eigenvalue weighted by molar-refractivity contribution is 7.93. The molecule has 1 N–H and O–H groups in total. The Morgan fingerprint density at radius 1 is 0.909 bits per heavy atom. The van der Waals surface area contributed by atoms with Gasteiger partial charge in [0.2, 0.25) is 0 Å². The fourth-order valence-corrected chi connectivity index (χ4v) is 3.96. The van der Waals surface area contributed by atoms with Gasteiger partial charge in [0.15, 0.2) is 0 Å². The van der Waals surface area contributed by atoms with E-state index < -0.39 is 10.0 Å². The first-order valence-electron chi connectivity index (χ1n) is 6.29. The number of rotatable bonds is 3. The van der Waals surface area contributed by atoms with Crippen molar-refractivity contribution in [3.8, 4) is 0 Å². The average Bonchev–Trinajstić information content (AvgIpc) is 2.50. The first kappa shape index (κ1) is 15.1. The highest BCUT2D eigenvalue weighted by Crippen LogP contribution is 2.32. The molecule has 3 rings (SSSR count). The van der Waals surface area contributed by atoms with Crippen molar-refractivity contribution < 1.29 is 8.42 Å². The predicted molar refractivity (Wildman–Crippen MR) is 89.0 cm³/mol. The summed E-state index contributed by atoms with van der Waals surface area (Å²) in [5.41, 5.74) is 0.541. The number of para-hydroxylation sites is 2. The van der Waals surface area contributed by atoms with E-state index in [0.717, 1.165) is 5.39 Å². The van der Waals surface area contributed by atoms with Crippen LogP contribution in [0.3, 0.4) is 0 Å². The van der Waals surface area contributed by atoms with Crippen LogP contribution in [0, 0.1) is 0 Å². The predicted octanol–water partition coefficient (Wildman–Crippen LogP) is 4.34. The lowest BCUT2D eigenvalue weighted by Gasteiger charge is -2.12. The van der Waals surface area contributed by atoms with Gasteiger partial charge in [0.1, 0.15) is 4.90 Å². The molecule has 0 fully saturated rings. The van der Waals surface area contributed by atoms with E-state index in [1.807, 2.05) is 0 Å². The minimum atomic E-state index is -3.87. The van der Waals surface area contributed by atoms with Gasteiger partial charge in [-0.3, -0.25) is 9.71 Å². The number of fused-ring (bicyclic) bond motifs is 1. The topological polar surface area (TPSA) is 59.1 Å². The van der Waals surface area contributed by atoms with E-state index >= 15 is 0 Å². The Morgan fingerprint density at radius 2 is 1.55 bits per heavy atom. The van der Waals surface area contributed by atoms with Gasteiger partial charge in [-0.2, -0.15) is 0 Å². The standard InChI is InChI=1S/C15H10Cl2N2O2S/c16-11-6-2-7-12(17)15(11)19-22(20,21)13-8-1-4-10-5-3-9-18-14(10)13/h1-9,19H. The summed E-state index contributed by atoms with van der Waals surface area (Å²) in [6.45, 7) is 0. The molecule has 0 saturated heterocycles. The zero-order valence-electron chi connectivity index (χ0n) is 11.1. The first-order valence-corrected chi connectivity index (χ1v) is 8.53. The Kier molecular flexibility index (Phi) is 3.95. The minimum Gasteiger partial charge on any atom is -0.277 e. The maximum atomic E-state index is 12.7. The molecule has 0 amide bonds. The van der Waals surface area contributed by atoms with Gasteiger partial charge in [0.25, 0.3) is 10.0 Å². The SMILES string of the molecule is O=S(=O)(Nc1c(Cl)cccc1Cl)c1cccc2cccnc12. The molecule has 0 unspecified atom stereocenters. The Hall–Kier alpha value is -1.82. The molecule has 0 saturated carbocycles. The largest absolute Gasteiger partial charge is 0.277 e. The molecule has 1 heterocycles. The van der Waals surface area contributed by atoms with Crippen molar-refractivity contribution in [2.24, 2.45) is 0 Å². The summed E-state index contributed by atoms with van der Waals surface area (Å²) in [5.74, 6) is 0. The van der Waals surface area contributed by atoms with Crippen molar-refractivity contribution in [1.29, 1.82) is 0 Å². The summed E-state index contributed by atoms with van der Waals surface area (Å²) in [5, 5.41) is 1.18. The summed E-state index contributed by atoms with van der Waals surface area (Å²) >= 11 is 12.0. The van der Waals surface area contributed by atoms with E-state index in [1.54, 1.807) is 48.7 Å². The van der Waals surface area contributed by atoms with Gasteiger partial charge in [-0.05, 0) is 24.3 Å². The molecule has 4 nitrogen and oxygen atoms in total. The lowest BCUT2D eigenvalue weighted by atomic mass is 10.2. The zero-order chi connectivity index (χ0) is 15.7. The average molecular weight is 353 g/mol. The highest BCUT2D eigenvalue weighted by atomic mass is 35.5. The lowest BCUT2D eigenvalue weighted by Crippen LogP contribution is -2.14. The van der Waals surface area contributed by atoms with Crippen LogP contribution in [-0.2, 0) is 10.0 Å². The number of nitrogens with zero attached hydrogens (tertiary/aromatic N) is 1. The van der Waals surface area contributed by atoms with Crippen LogP contribution in [0.15, 0.2) is 59.6 Å². The van der Waals surface area contributed by atoms with Crippen LogP contribution in [0.5, 0.6) is 0 Å². The molecule has 0 bridgehead atoms. The monoisotopic (exact) mass is 352 g/mol. The third-order valence-corrected chi connectivity index (χ3v) is 5.10. The maximum Gasteiger partial charge on any atom is 0.264 e. The normalized spacial score (nSPS) is 11.5. The summed E-state index contributed by atoms with van der Waals surface area (Å²) in [6.07, 6.45) is 1.55. The van der Waals surface area contributed by atoms with Gasteiger partial charge in [-0.25, -0.2) is 8.42 Å². The first-order chi connectivity index (χ1) is 10.5. The Morgan fingerprint density at radius 3 is 2.27 bits per heavy atom. The third-order valence-electron chi connectivity index (χ3n) is 3.08. The number of nitrogens with one attached hydrogen (secondary N) is 1. The molecular formula is C15H10Cl2N2O2S. The van der Waals surface area contributed by atoms with E-state index in [9.17, 15) is 8.42 Å². The van der Waals surface area contributed by atoms with E-state index in [1.165, 1.54) is 6.07 Å². The molecule has 112 valence electrons. The van der Waals surface area contributed by atoms with Gasteiger partial charge >= 0.3 is 0 Å². The molecule has 22 heavy (non-hydrogen) atoms. The lowest BCUT2D eigenvalue weighted by molar-refractivity contribution is 0.602. The van der Waals surface area contributed by atoms with Crippen molar-refractivity contribution in [2.45, 2.75) is 4.90 Å². The van der Waals surface area contributed by atoms with E-state index in [0.29, 0.717) is 5.52 Å². The van der Waals surface area contributed by atoms with Crippen LogP contribution < -0.4 is 4.72 Å². The Labute approximate surface area is 137 Å². The van der Waals surface area contributed by atoms with E-state index in [-0.39, 0.29) is 20.6 Å². The smallest absolute Gasteiger partial charge is 0.264 e. The molecule has 7 heteroatoms. The summed E-state index contributed by atoms with van der Waals surface area (Å²) in [4.78, 5) is 4.22. The summed E-state index contributed by atoms with van der Waals surface area (Å²) < 4.78 is 27.7. The molecule has 1 aromatic heterocycles. The number of anilines is 1. The second-order valence-electron chi connectivity index (χ2n) is 4.53. The molecule has 3 aromatic rings. The van der Waals surface area contributed by atoms with Crippen LogP contribution in [0.2, 0.25) is 10.0 Å². The number of aromatic nitrogens is 1. The molecule has 0 spiro atoms. The number of sulfonamides is 1. The molecule has 0 aliphatic heterocycles. The number of benzene rings is 2. The second-order valence-corrected chi connectivity index (χ2v) is 7.00. The molecular weight excluding hydrogens is 343 g/mol. The maximum absolute atomic E-state index is 12.7. The number of hydrogen-bond acceptors (Lipinski definition) is 3. The van der Waals surface area contributed by atoms with Crippen molar-refractivity contribution in [3.63, 3.8) is 0 Å². The number of halogens is 2. The van der Waals surface area contributed by atoms with Gasteiger partial charge in [0.05, 0.1) is 21.2 Å². The van der Waals surface area contributed by atoms with Crippen molar-refractivity contribution >= 4 is 49.8 Å². The number of pyridine rings is 1. The fourth-order valence-electron chi connectivity index (χ4n) is 2.08. The zero-order valence-corrected chi connectivity index (χ0v) is 13.5. The molecule has 0 atom stereocenters. The molecule has 0 aliphatic rings. The quantitative estimate of drug-likeness (QED) is 0.762. The number of hydrogen-bond donors (Lipinski definition) is 1. The molecule has 0 aliphatic carbocycles. The van der Waals surface area contributed by atoms with E-state index in [2.05, 4.69) is 9.71 Å². The van der Waals surface area contributed by atoms with Crippen LogP contribution in [0.4, 0.5) is 5.69 Å². The van der Waals surface area contributed by atoms with Gasteiger partial charge in [0, 0.05) is 11.6 Å². The van der Waals surface area contributed by atoms with Crippen molar-refractivity contribution in [3.05, 3.63) is 64.8 Å². The van der Waals surface area contributed by atoms with Crippen LogP contribution in [0.25, 0.3) is 10.9 Å². The Balaban J connectivity index is 2.14. The van der Waals surface area contributed by atoms with Crippen molar-refractivity contribution in [1.82, 2.24) is 4.98 Å². The third kappa shape index (κ3) is 2.75.